The molecular formula is C15H25F3N4O2. The van der Waals surface area contributed by atoms with E-state index in [1.54, 1.807) is 0 Å². The van der Waals surface area contributed by atoms with E-state index in [4.69, 9.17) is 5.73 Å². The molecule has 0 unspecified atom stereocenters. The molecule has 0 radical (unpaired) electrons. The van der Waals surface area contributed by atoms with Gasteiger partial charge in [0.2, 0.25) is 5.91 Å². The Morgan fingerprint density at radius 2 is 1.67 bits per heavy atom. The molecule has 1 aliphatic heterocycles. The quantitative estimate of drug-likeness (QED) is 0.715. The predicted molar refractivity (Wildman–Crippen MR) is 82.1 cm³/mol. The van der Waals surface area contributed by atoms with Gasteiger partial charge in [-0.25, -0.2) is 4.79 Å². The number of halogens is 3. The van der Waals surface area contributed by atoms with Crippen LogP contribution in [0.2, 0.25) is 0 Å². The number of nitrogens with two attached hydrogens (primary N) is 1. The second kappa shape index (κ2) is 8.04. The van der Waals surface area contributed by atoms with Crippen LogP contribution in [0.1, 0.15) is 38.5 Å². The summed E-state index contributed by atoms with van der Waals surface area (Å²) in [5.41, 5.74) is 5.14. The van der Waals surface area contributed by atoms with Crippen molar-refractivity contribution in [2.45, 2.75) is 56.8 Å². The Bertz CT molecular complexity index is 450. The fourth-order valence-electron chi connectivity index (χ4n) is 3.49. The number of alkyl halides is 3. The number of nitrogens with one attached hydrogen (secondary N) is 2. The lowest BCUT2D eigenvalue weighted by Gasteiger charge is -2.33. The topological polar surface area (TPSA) is 87.5 Å². The van der Waals surface area contributed by atoms with Crippen LogP contribution in [-0.2, 0) is 4.79 Å². The molecule has 0 aromatic rings. The van der Waals surface area contributed by atoms with Crippen LogP contribution in [0.25, 0.3) is 0 Å². The second-order valence-corrected chi connectivity index (χ2v) is 6.74. The zero-order valence-corrected chi connectivity index (χ0v) is 13.6. The van der Waals surface area contributed by atoms with Crippen molar-refractivity contribution in [1.29, 1.82) is 0 Å². The first-order chi connectivity index (χ1) is 11.2. The first kappa shape index (κ1) is 18.8. The molecule has 0 bridgehead atoms. The van der Waals surface area contributed by atoms with E-state index in [9.17, 15) is 22.8 Å². The molecule has 1 aliphatic carbocycles. The summed E-state index contributed by atoms with van der Waals surface area (Å²) in [7, 11) is 0. The third kappa shape index (κ3) is 5.85. The van der Waals surface area contributed by atoms with E-state index in [1.165, 1.54) is 0 Å². The number of nitrogens with zero attached hydrogens (tertiary/aromatic N) is 1. The second-order valence-electron chi connectivity index (χ2n) is 6.74. The van der Waals surface area contributed by atoms with Crippen LogP contribution < -0.4 is 16.4 Å². The highest BCUT2D eigenvalue weighted by molar-refractivity contribution is 5.76. The summed E-state index contributed by atoms with van der Waals surface area (Å²) >= 11 is 0. The van der Waals surface area contributed by atoms with Crippen molar-refractivity contribution < 1.29 is 22.8 Å². The van der Waals surface area contributed by atoms with Gasteiger partial charge in [0, 0.05) is 25.2 Å². The summed E-state index contributed by atoms with van der Waals surface area (Å²) < 4.78 is 38.4. The highest BCUT2D eigenvalue weighted by Gasteiger charge is 2.42. The molecule has 2 rings (SSSR count). The van der Waals surface area contributed by atoms with Gasteiger partial charge in [-0.1, -0.05) is 6.42 Å². The minimum absolute atomic E-state index is 0.0314. The standard InChI is InChI=1S/C15H25F3N4O2/c16-15(17,18)10-2-1-3-12(8-10)21-14(24)20-11-4-6-22(7-5-11)9-13(19)23/h10-12H,1-9H2,(H2,19,23)(H2,20,21,24)/t10-,12+/m0/s1. The number of primary amides is 1. The van der Waals surface area contributed by atoms with Gasteiger partial charge in [-0.15, -0.1) is 0 Å². The molecule has 1 heterocycles. The maximum atomic E-state index is 12.8. The maximum Gasteiger partial charge on any atom is 0.391 e. The fourth-order valence-corrected chi connectivity index (χ4v) is 3.49. The van der Waals surface area contributed by atoms with E-state index in [1.807, 2.05) is 4.90 Å². The van der Waals surface area contributed by atoms with E-state index in [0.29, 0.717) is 38.8 Å². The summed E-state index contributed by atoms with van der Waals surface area (Å²) in [4.78, 5) is 24.8. The molecule has 1 saturated carbocycles. The lowest BCUT2D eigenvalue weighted by atomic mass is 9.85. The Kier molecular flexibility index (Phi) is 6.31. The Labute approximate surface area is 139 Å². The van der Waals surface area contributed by atoms with E-state index in [-0.39, 0.29) is 31.3 Å². The van der Waals surface area contributed by atoms with Gasteiger partial charge in [0.05, 0.1) is 12.5 Å². The van der Waals surface area contributed by atoms with Gasteiger partial charge in [-0.3, -0.25) is 9.69 Å². The molecule has 3 amide bonds. The number of likely N-dealkylation sites (tertiary alicyclic amines) is 1. The lowest BCUT2D eigenvalue weighted by molar-refractivity contribution is -0.183. The maximum absolute atomic E-state index is 12.8. The SMILES string of the molecule is NC(=O)CN1CCC(NC(=O)N[C@@H]2CCC[C@H](C(F)(F)F)C2)CC1. The van der Waals surface area contributed by atoms with Crippen molar-refractivity contribution in [3.8, 4) is 0 Å². The van der Waals surface area contributed by atoms with Crippen molar-refractivity contribution in [3.63, 3.8) is 0 Å². The van der Waals surface area contributed by atoms with Crippen LogP contribution in [-0.4, -0.2) is 54.7 Å². The summed E-state index contributed by atoms with van der Waals surface area (Å²) in [6.45, 7) is 1.53. The van der Waals surface area contributed by atoms with Gasteiger partial charge < -0.3 is 16.4 Å². The zero-order chi connectivity index (χ0) is 17.7. The third-order valence-electron chi connectivity index (χ3n) is 4.77. The molecule has 2 atom stereocenters. The number of rotatable bonds is 4. The van der Waals surface area contributed by atoms with E-state index >= 15 is 0 Å². The highest BCUT2D eigenvalue weighted by Crippen LogP contribution is 2.37. The number of piperidine rings is 1. The minimum atomic E-state index is -4.19. The Morgan fingerprint density at radius 1 is 1.04 bits per heavy atom. The fraction of sp³-hybridized carbons (Fsp3) is 0.867. The van der Waals surface area contributed by atoms with Crippen LogP contribution in [0.4, 0.5) is 18.0 Å². The van der Waals surface area contributed by atoms with Gasteiger partial charge in [0.25, 0.3) is 0 Å². The first-order valence-corrected chi connectivity index (χ1v) is 8.38. The molecule has 0 spiro atoms. The van der Waals surface area contributed by atoms with Gasteiger partial charge >= 0.3 is 12.2 Å². The normalized spacial score (nSPS) is 26.8. The average Bonchev–Trinajstić information content (AvgIpc) is 2.48. The van der Waals surface area contributed by atoms with Crippen LogP contribution in [0, 0.1) is 5.92 Å². The number of carbonyl (C=O) groups excluding carboxylic acids is 2. The van der Waals surface area contributed by atoms with Gasteiger partial charge in [-0.05, 0) is 32.1 Å². The van der Waals surface area contributed by atoms with E-state index in [2.05, 4.69) is 10.6 Å². The first-order valence-electron chi connectivity index (χ1n) is 8.38. The average molecular weight is 350 g/mol. The van der Waals surface area contributed by atoms with Crippen LogP contribution in [0.15, 0.2) is 0 Å². The zero-order valence-electron chi connectivity index (χ0n) is 13.6. The van der Waals surface area contributed by atoms with Gasteiger partial charge in [0.1, 0.15) is 0 Å². The molecule has 0 aromatic carbocycles. The molecule has 4 N–H and O–H groups in total. The van der Waals surface area contributed by atoms with Crippen LogP contribution in [0.5, 0.6) is 0 Å². The number of amides is 3. The van der Waals surface area contributed by atoms with Crippen LogP contribution >= 0.6 is 0 Å². The summed E-state index contributed by atoms with van der Waals surface area (Å²) in [6, 6.07) is -0.868. The number of carbonyl (C=O) groups is 2. The summed E-state index contributed by atoms with van der Waals surface area (Å²) in [6.07, 6.45) is -1.66. The molecule has 2 aliphatic rings. The van der Waals surface area contributed by atoms with E-state index in [0.717, 1.165) is 0 Å². The van der Waals surface area contributed by atoms with E-state index < -0.39 is 24.2 Å². The van der Waals surface area contributed by atoms with Crippen LogP contribution in [0.3, 0.4) is 0 Å². The third-order valence-corrected chi connectivity index (χ3v) is 4.77. The summed E-state index contributed by atoms with van der Waals surface area (Å²) in [5.74, 6) is -1.70. The minimum Gasteiger partial charge on any atom is -0.369 e. The monoisotopic (exact) mass is 350 g/mol. The molecular weight excluding hydrogens is 325 g/mol. The Hall–Kier alpha value is -1.51. The van der Waals surface area contributed by atoms with Gasteiger partial charge in [-0.2, -0.15) is 13.2 Å². The smallest absolute Gasteiger partial charge is 0.369 e. The molecule has 0 aromatic heterocycles. The molecule has 1 saturated heterocycles. The molecule has 24 heavy (non-hydrogen) atoms. The van der Waals surface area contributed by atoms with Crippen molar-refractivity contribution >= 4 is 11.9 Å². The van der Waals surface area contributed by atoms with Crippen molar-refractivity contribution in [3.05, 3.63) is 0 Å². The Balaban J connectivity index is 1.71. The molecule has 6 nitrogen and oxygen atoms in total. The summed E-state index contributed by atoms with van der Waals surface area (Å²) in [5, 5.41) is 5.49. The van der Waals surface area contributed by atoms with Crippen molar-refractivity contribution in [2.24, 2.45) is 11.7 Å². The molecule has 9 heteroatoms. The predicted octanol–water partition coefficient (Wildman–Crippen LogP) is 1.36. The highest BCUT2D eigenvalue weighted by atomic mass is 19.4. The number of hydrogen-bond donors (Lipinski definition) is 3. The lowest BCUT2D eigenvalue weighted by Crippen LogP contribution is -2.51. The van der Waals surface area contributed by atoms with Gasteiger partial charge in [0.15, 0.2) is 0 Å². The molecule has 138 valence electrons. The largest absolute Gasteiger partial charge is 0.391 e. The Morgan fingerprint density at radius 3 is 2.25 bits per heavy atom. The number of urea groups is 1. The van der Waals surface area contributed by atoms with Crippen molar-refractivity contribution in [2.75, 3.05) is 19.6 Å². The number of hydrogen-bond acceptors (Lipinski definition) is 3. The molecule has 2 fully saturated rings. The van der Waals surface area contributed by atoms with Crippen molar-refractivity contribution in [1.82, 2.24) is 15.5 Å².